The molecular weight excluding hydrogens is 126 g/mol. The van der Waals surface area contributed by atoms with Gasteiger partial charge in [0.1, 0.15) is 0 Å². The third kappa shape index (κ3) is 1.70. The summed E-state index contributed by atoms with van der Waals surface area (Å²) in [7, 11) is 2.13. The minimum atomic E-state index is 0.171. The smallest absolute Gasteiger partial charge is 0.0802 e. The third-order valence-corrected chi connectivity index (χ3v) is 2.23. The largest absolute Gasteiger partial charge is 0.374 e. The molecule has 2 nitrogen and oxygen atoms in total. The summed E-state index contributed by atoms with van der Waals surface area (Å²) in [5.74, 6) is 0. The summed E-state index contributed by atoms with van der Waals surface area (Å²) in [5, 5.41) is 0. The van der Waals surface area contributed by atoms with E-state index in [4.69, 9.17) is 4.74 Å². The van der Waals surface area contributed by atoms with Crippen LogP contribution >= 0.6 is 0 Å². The number of ether oxygens (including phenoxy) is 1. The zero-order chi connectivity index (χ0) is 7.61. The van der Waals surface area contributed by atoms with Crippen LogP contribution < -0.4 is 0 Å². The van der Waals surface area contributed by atoms with Crippen LogP contribution in [0.3, 0.4) is 0 Å². The van der Waals surface area contributed by atoms with Crippen LogP contribution in [0.15, 0.2) is 0 Å². The number of rotatable bonds is 3. The highest BCUT2D eigenvalue weighted by Gasteiger charge is 2.33. The van der Waals surface area contributed by atoms with E-state index in [0.717, 1.165) is 19.7 Å². The number of hydrogen-bond acceptors (Lipinski definition) is 2. The average Bonchev–Trinajstić information content (AvgIpc) is 1.84. The average molecular weight is 143 g/mol. The molecule has 1 fully saturated rings. The summed E-state index contributed by atoms with van der Waals surface area (Å²) < 4.78 is 5.45. The van der Waals surface area contributed by atoms with Gasteiger partial charge in [0.05, 0.1) is 12.2 Å². The number of likely N-dealkylation sites (N-methyl/N-ethyl adjacent to an activating group) is 1. The molecule has 2 heteroatoms. The second-order valence-electron chi connectivity index (χ2n) is 3.38. The molecule has 1 atom stereocenters. The van der Waals surface area contributed by atoms with Crippen molar-refractivity contribution >= 4 is 0 Å². The van der Waals surface area contributed by atoms with Crippen LogP contribution in [0.2, 0.25) is 0 Å². The molecule has 1 aliphatic rings. The highest BCUT2D eigenvalue weighted by Crippen LogP contribution is 2.25. The first kappa shape index (κ1) is 8.02. The molecule has 0 aliphatic carbocycles. The van der Waals surface area contributed by atoms with E-state index < -0.39 is 0 Å². The van der Waals surface area contributed by atoms with Crippen molar-refractivity contribution in [3.8, 4) is 0 Å². The maximum absolute atomic E-state index is 5.45. The molecule has 1 rings (SSSR count). The summed E-state index contributed by atoms with van der Waals surface area (Å²) in [6, 6.07) is 0. The lowest BCUT2D eigenvalue weighted by Crippen LogP contribution is -2.49. The van der Waals surface area contributed by atoms with Gasteiger partial charge in [0.15, 0.2) is 0 Å². The predicted molar refractivity (Wildman–Crippen MR) is 42.1 cm³/mol. The van der Waals surface area contributed by atoms with Crippen molar-refractivity contribution in [1.82, 2.24) is 4.90 Å². The highest BCUT2D eigenvalue weighted by molar-refractivity contribution is 4.84. The summed E-state index contributed by atoms with van der Waals surface area (Å²) in [6.07, 6.45) is 1.22. The van der Waals surface area contributed by atoms with Crippen LogP contribution in [0.25, 0.3) is 0 Å². The van der Waals surface area contributed by atoms with E-state index in [9.17, 15) is 0 Å². The lowest BCUT2D eigenvalue weighted by molar-refractivity contribution is -0.144. The predicted octanol–water partition coefficient (Wildman–Crippen LogP) is 1.12. The Morgan fingerprint density at radius 2 is 2.20 bits per heavy atom. The van der Waals surface area contributed by atoms with Gasteiger partial charge in [0.2, 0.25) is 0 Å². The Balaban J connectivity index is 2.22. The van der Waals surface area contributed by atoms with Crippen molar-refractivity contribution in [2.45, 2.75) is 25.9 Å². The van der Waals surface area contributed by atoms with E-state index in [-0.39, 0.29) is 5.60 Å². The highest BCUT2D eigenvalue weighted by atomic mass is 16.5. The molecule has 0 N–H and O–H groups in total. The summed E-state index contributed by atoms with van der Waals surface area (Å²) in [4.78, 5) is 2.29. The van der Waals surface area contributed by atoms with Crippen molar-refractivity contribution < 1.29 is 4.74 Å². The van der Waals surface area contributed by atoms with Gasteiger partial charge >= 0.3 is 0 Å². The topological polar surface area (TPSA) is 12.5 Å². The Hall–Kier alpha value is -0.0800. The zero-order valence-electron chi connectivity index (χ0n) is 7.18. The minimum Gasteiger partial charge on any atom is -0.374 e. The van der Waals surface area contributed by atoms with Crippen LogP contribution in [-0.4, -0.2) is 37.2 Å². The molecule has 10 heavy (non-hydrogen) atoms. The minimum absolute atomic E-state index is 0.171. The number of hydrogen-bond donors (Lipinski definition) is 0. The van der Waals surface area contributed by atoms with Crippen LogP contribution in [0, 0.1) is 0 Å². The molecule has 0 bridgehead atoms. The summed E-state index contributed by atoms with van der Waals surface area (Å²) in [5.41, 5.74) is 0.171. The first-order valence-electron chi connectivity index (χ1n) is 3.99. The van der Waals surface area contributed by atoms with Crippen molar-refractivity contribution in [2.75, 3.05) is 26.7 Å². The van der Waals surface area contributed by atoms with Gasteiger partial charge in [-0.1, -0.05) is 6.92 Å². The van der Waals surface area contributed by atoms with E-state index in [2.05, 4.69) is 25.8 Å². The van der Waals surface area contributed by atoms with Crippen molar-refractivity contribution in [1.29, 1.82) is 0 Å². The Kier molecular flexibility index (Phi) is 2.32. The van der Waals surface area contributed by atoms with Crippen LogP contribution in [0.5, 0.6) is 0 Å². The monoisotopic (exact) mass is 143 g/mol. The Morgan fingerprint density at radius 1 is 1.60 bits per heavy atom. The molecule has 1 saturated heterocycles. The third-order valence-electron chi connectivity index (χ3n) is 2.23. The van der Waals surface area contributed by atoms with Gasteiger partial charge in [-0.05, 0) is 20.5 Å². The van der Waals surface area contributed by atoms with Crippen molar-refractivity contribution in [2.24, 2.45) is 0 Å². The Morgan fingerprint density at radius 3 is 2.50 bits per heavy atom. The van der Waals surface area contributed by atoms with Crippen molar-refractivity contribution in [3.05, 3.63) is 0 Å². The standard InChI is InChI=1S/C8H17NO/c1-4-9(3)7-8(2)5-6-10-8/h4-7H2,1-3H3. The fraction of sp³-hybridized carbons (Fsp3) is 1.00. The maximum Gasteiger partial charge on any atom is 0.0802 e. The van der Waals surface area contributed by atoms with Gasteiger partial charge in [-0.3, -0.25) is 0 Å². The molecule has 0 saturated carbocycles. The Bertz CT molecular complexity index is 110. The lowest BCUT2D eigenvalue weighted by Gasteiger charge is -2.41. The van der Waals surface area contributed by atoms with Gasteiger partial charge in [0.25, 0.3) is 0 Å². The van der Waals surface area contributed by atoms with Gasteiger partial charge in [-0.2, -0.15) is 0 Å². The van der Waals surface area contributed by atoms with Crippen molar-refractivity contribution in [3.63, 3.8) is 0 Å². The first-order valence-corrected chi connectivity index (χ1v) is 3.99. The van der Waals surface area contributed by atoms with E-state index >= 15 is 0 Å². The normalized spacial score (nSPS) is 32.4. The van der Waals surface area contributed by atoms with E-state index in [1.54, 1.807) is 0 Å². The van der Waals surface area contributed by atoms with Gasteiger partial charge in [-0.15, -0.1) is 0 Å². The maximum atomic E-state index is 5.45. The molecule has 0 spiro atoms. The zero-order valence-corrected chi connectivity index (χ0v) is 7.18. The fourth-order valence-electron chi connectivity index (χ4n) is 1.26. The molecule has 1 unspecified atom stereocenters. The molecule has 0 amide bonds. The molecule has 60 valence electrons. The molecule has 1 aliphatic heterocycles. The fourth-order valence-corrected chi connectivity index (χ4v) is 1.26. The van der Waals surface area contributed by atoms with Gasteiger partial charge < -0.3 is 9.64 Å². The van der Waals surface area contributed by atoms with Crippen LogP contribution in [0.1, 0.15) is 20.3 Å². The first-order chi connectivity index (χ1) is 4.66. The van der Waals surface area contributed by atoms with Gasteiger partial charge in [0, 0.05) is 13.0 Å². The second-order valence-corrected chi connectivity index (χ2v) is 3.38. The molecule has 0 aromatic carbocycles. The van der Waals surface area contributed by atoms with E-state index in [1.807, 2.05) is 0 Å². The molecule has 0 radical (unpaired) electrons. The SMILES string of the molecule is CCN(C)CC1(C)CCO1. The number of nitrogens with zero attached hydrogens (tertiary/aromatic N) is 1. The molecule has 0 aromatic rings. The molecule has 1 heterocycles. The second kappa shape index (κ2) is 2.89. The summed E-state index contributed by atoms with van der Waals surface area (Å²) in [6.45, 7) is 7.49. The Labute approximate surface area is 63.2 Å². The van der Waals surface area contributed by atoms with Crippen LogP contribution in [-0.2, 0) is 4.74 Å². The quantitative estimate of drug-likeness (QED) is 0.587. The van der Waals surface area contributed by atoms with E-state index in [1.165, 1.54) is 6.42 Å². The lowest BCUT2D eigenvalue weighted by atomic mass is 9.97. The summed E-state index contributed by atoms with van der Waals surface area (Å²) >= 11 is 0. The van der Waals surface area contributed by atoms with Gasteiger partial charge in [-0.25, -0.2) is 0 Å². The molecular formula is C8H17NO. The molecule has 0 aromatic heterocycles. The van der Waals surface area contributed by atoms with Crippen LogP contribution in [0.4, 0.5) is 0 Å². The van der Waals surface area contributed by atoms with E-state index in [0.29, 0.717) is 0 Å².